The van der Waals surface area contributed by atoms with Crippen LogP contribution in [0.15, 0.2) is 6.33 Å². The Morgan fingerprint density at radius 2 is 2.00 bits per heavy atom. The van der Waals surface area contributed by atoms with Crippen LogP contribution in [-0.2, 0) is 11.2 Å². The number of hydrogen-bond acceptors (Lipinski definition) is 5. The first-order valence-corrected chi connectivity index (χ1v) is 6.05. The van der Waals surface area contributed by atoms with E-state index in [1.165, 1.54) is 6.33 Å². The van der Waals surface area contributed by atoms with E-state index in [9.17, 15) is 4.79 Å². The molecular weight excluding hydrogens is 230 g/mol. The molecule has 1 aromatic heterocycles. The first-order valence-electron chi connectivity index (χ1n) is 6.05. The topological polar surface area (TPSA) is 70.1 Å². The number of amides is 1. The Kier molecular flexibility index (Phi) is 5.35. The van der Waals surface area contributed by atoms with Crippen molar-refractivity contribution in [2.24, 2.45) is 0 Å². The second-order valence-electron chi connectivity index (χ2n) is 4.19. The van der Waals surface area contributed by atoms with Gasteiger partial charge in [-0.15, -0.1) is 0 Å². The summed E-state index contributed by atoms with van der Waals surface area (Å²) in [5, 5.41) is 6.12. The van der Waals surface area contributed by atoms with E-state index in [0.717, 1.165) is 30.0 Å². The van der Waals surface area contributed by atoms with E-state index in [1.54, 1.807) is 19.0 Å². The minimum absolute atomic E-state index is 0.0158. The van der Waals surface area contributed by atoms with Crippen LogP contribution in [0.5, 0.6) is 0 Å². The van der Waals surface area contributed by atoms with Crippen molar-refractivity contribution in [3.8, 4) is 0 Å². The van der Waals surface area contributed by atoms with Gasteiger partial charge < -0.3 is 15.5 Å². The van der Waals surface area contributed by atoms with E-state index >= 15 is 0 Å². The van der Waals surface area contributed by atoms with Gasteiger partial charge in [0.2, 0.25) is 5.91 Å². The minimum Gasteiger partial charge on any atom is -0.373 e. The summed E-state index contributed by atoms with van der Waals surface area (Å²) in [4.78, 5) is 21.5. The van der Waals surface area contributed by atoms with Gasteiger partial charge in [0.05, 0.1) is 6.54 Å². The van der Waals surface area contributed by atoms with Gasteiger partial charge in [0.15, 0.2) is 0 Å². The average molecular weight is 251 g/mol. The van der Waals surface area contributed by atoms with Crippen LogP contribution in [0.2, 0.25) is 0 Å². The number of carbonyl (C=O) groups is 1. The molecule has 0 aliphatic heterocycles. The van der Waals surface area contributed by atoms with Crippen molar-refractivity contribution >= 4 is 17.5 Å². The molecule has 1 rings (SSSR count). The zero-order valence-electron chi connectivity index (χ0n) is 11.4. The minimum atomic E-state index is 0.0158. The summed E-state index contributed by atoms with van der Waals surface area (Å²) in [6.07, 6.45) is 3.36. The highest BCUT2D eigenvalue weighted by Crippen LogP contribution is 2.20. The number of anilines is 2. The van der Waals surface area contributed by atoms with Crippen LogP contribution < -0.4 is 10.6 Å². The highest BCUT2D eigenvalue weighted by Gasteiger charge is 2.11. The van der Waals surface area contributed by atoms with E-state index in [4.69, 9.17) is 0 Å². The van der Waals surface area contributed by atoms with Crippen LogP contribution in [-0.4, -0.2) is 48.5 Å². The molecule has 6 heteroatoms. The maximum Gasteiger partial charge on any atom is 0.241 e. The number of carbonyl (C=O) groups excluding carboxylic acids is 1. The van der Waals surface area contributed by atoms with Crippen LogP contribution >= 0.6 is 0 Å². The highest BCUT2D eigenvalue weighted by atomic mass is 16.2. The number of nitrogens with zero attached hydrogens (tertiary/aromatic N) is 3. The van der Waals surface area contributed by atoms with Gasteiger partial charge in [0.25, 0.3) is 0 Å². The summed E-state index contributed by atoms with van der Waals surface area (Å²) in [6.45, 7) is 2.34. The quantitative estimate of drug-likeness (QED) is 0.788. The number of nitrogens with one attached hydrogen (secondary N) is 2. The normalized spacial score (nSPS) is 10.0. The molecule has 0 aliphatic carbocycles. The Labute approximate surface area is 108 Å². The van der Waals surface area contributed by atoms with E-state index < -0.39 is 0 Å². The molecule has 6 nitrogen and oxygen atoms in total. The lowest BCUT2D eigenvalue weighted by atomic mass is 10.1. The van der Waals surface area contributed by atoms with Crippen molar-refractivity contribution in [2.75, 3.05) is 38.3 Å². The smallest absolute Gasteiger partial charge is 0.241 e. The van der Waals surface area contributed by atoms with Crippen molar-refractivity contribution < 1.29 is 4.79 Å². The third-order valence-electron chi connectivity index (χ3n) is 2.59. The van der Waals surface area contributed by atoms with E-state index in [2.05, 4.69) is 27.5 Å². The molecule has 1 heterocycles. The Morgan fingerprint density at radius 3 is 2.56 bits per heavy atom. The van der Waals surface area contributed by atoms with Gasteiger partial charge >= 0.3 is 0 Å². The van der Waals surface area contributed by atoms with Crippen LogP contribution in [0.4, 0.5) is 11.6 Å². The van der Waals surface area contributed by atoms with Gasteiger partial charge in [-0.2, -0.15) is 0 Å². The molecule has 0 aliphatic rings. The summed E-state index contributed by atoms with van der Waals surface area (Å²) < 4.78 is 0. The lowest BCUT2D eigenvalue weighted by Crippen LogP contribution is -2.29. The van der Waals surface area contributed by atoms with Gasteiger partial charge in [-0.05, 0) is 6.42 Å². The Morgan fingerprint density at radius 1 is 1.33 bits per heavy atom. The molecule has 0 spiro atoms. The summed E-state index contributed by atoms with van der Waals surface area (Å²) >= 11 is 0. The second kappa shape index (κ2) is 6.78. The molecule has 0 saturated heterocycles. The molecule has 0 atom stereocenters. The number of rotatable bonds is 6. The summed E-state index contributed by atoms with van der Waals surface area (Å²) in [7, 11) is 5.29. The summed E-state index contributed by atoms with van der Waals surface area (Å²) in [5.41, 5.74) is 1.02. The van der Waals surface area contributed by atoms with Crippen molar-refractivity contribution in [2.45, 2.75) is 19.8 Å². The SMILES string of the molecule is CCCc1c(NC)ncnc1NCC(=O)N(C)C. The highest BCUT2D eigenvalue weighted by molar-refractivity contribution is 5.80. The fraction of sp³-hybridized carbons (Fsp3) is 0.583. The largest absolute Gasteiger partial charge is 0.373 e. The zero-order valence-corrected chi connectivity index (χ0v) is 11.4. The zero-order chi connectivity index (χ0) is 13.5. The lowest BCUT2D eigenvalue weighted by molar-refractivity contribution is -0.126. The average Bonchev–Trinajstić information content (AvgIpc) is 2.37. The lowest BCUT2D eigenvalue weighted by Gasteiger charge is -2.15. The number of aromatic nitrogens is 2. The fourth-order valence-corrected chi connectivity index (χ4v) is 1.58. The van der Waals surface area contributed by atoms with Gasteiger partial charge in [-0.3, -0.25) is 4.79 Å². The molecule has 1 amide bonds. The Bertz CT molecular complexity index is 405. The first kappa shape index (κ1) is 14.2. The molecular formula is C12H21N5O. The molecule has 0 aromatic carbocycles. The first-order chi connectivity index (χ1) is 8.60. The molecule has 2 N–H and O–H groups in total. The van der Waals surface area contributed by atoms with Crippen molar-refractivity contribution in [1.29, 1.82) is 0 Å². The predicted molar refractivity (Wildman–Crippen MR) is 72.8 cm³/mol. The van der Waals surface area contributed by atoms with E-state index in [0.29, 0.717) is 0 Å². The van der Waals surface area contributed by atoms with Gasteiger partial charge in [-0.1, -0.05) is 13.3 Å². The van der Waals surface area contributed by atoms with Gasteiger partial charge in [0.1, 0.15) is 18.0 Å². The number of hydrogen-bond donors (Lipinski definition) is 2. The predicted octanol–water partition coefficient (Wildman–Crippen LogP) is 0.971. The Hall–Kier alpha value is -1.85. The molecule has 0 bridgehead atoms. The summed E-state index contributed by atoms with van der Waals surface area (Å²) in [5.74, 6) is 1.56. The Balaban J connectivity index is 2.84. The van der Waals surface area contributed by atoms with Crippen molar-refractivity contribution in [3.63, 3.8) is 0 Å². The van der Waals surface area contributed by atoms with Crippen LogP contribution in [0.3, 0.4) is 0 Å². The molecule has 1 aromatic rings. The molecule has 0 radical (unpaired) electrons. The molecule has 0 saturated carbocycles. The van der Waals surface area contributed by atoms with E-state index in [-0.39, 0.29) is 12.5 Å². The second-order valence-corrected chi connectivity index (χ2v) is 4.19. The van der Waals surface area contributed by atoms with Crippen LogP contribution in [0.25, 0.3) is 0 Å². The molecule has 18 heavy (non-hydrogen) atoms. The molecule has 100 valence electrons. The third kappa shape index (κ3) is 3.58. The fourth-order valence-electron chi connectivity index (χ4n) is 1.58. The van der Waals surface area contributed by atoms with Crippen LogP contribution in [0.1, 0.15) is 18.9 Å². The van der Waals surface area contributed by atoms with Gasteiger partial charge in [-0.25, -0.2) is 9.97 Å². The monoisotopic (exact) mass is 251 g/mol. The van der Waals surface area contributed by atoms with Crippen LogP contribution in [0, 0.1) is 0 Å². The van der Waals surface area contributed by atoms with E-state index in [1.807, 2.05) is 7.05 Å². The maximum atomic E-state index is 11.5. The maximum absolute atomic E-state index is 11.5. The van der Waals surface area contributed by atoms with Crippen molar-refractivity contribution in [3.05, 3.63) is 11.9 Å². The van der Waals surface area contributed by atoms with Gasteiger partial charge in [0, 0.05) is 26.7 Å². The molecule has 0 fully saturated rings. The summed E-state index contributed by atoms with van der Waals surface area (Å²) in [6, 6.07) is 0. The third-order valence-corrected chi connectivity index (χ3v) is 2.59. The standard InChI is InChI=1S/C12H21N5O/c1-5-6-9-11(13-2)15-8-16-12(9)14-7-10(18)17(3)4/h8H,5-7H2,1-4H3,(H2,13,14,15,16). The van der Waals surface area contributed by atoms with Crippen molar-refractivity contribution in [1.82, 2.24) is 14.9 Å². The number of likely N-dealkylation sites (N-methyl/N-ethyl adjacent to an activating group) is 1. The molecule has 0 unspecified atom stereocenters.